The van der Waals surface area contributed by atoms with Crippen molar-refractivity contribution >= 4 is 5.91 Å². The van der Waals surface area contributed by atoms with Crippen LogP contribution >= 0.6 is 0 Å². The van der Waals surface area contributed by atoms with Crippen molar-refractivity contribution in [2.45, 2.75) is 13.3 Å². The third-order valence-corrected chi connectivity index (χ3v) is 4.48. The third kappa shape index (κ3) is 3.71. The lowest BCUT2D eigenvalue weighted by Crippen LogP contribution is -2.20. The van der Waals surface area contributed by atoms with Crippen molar-refractivity contribution in [3.8, 4) is 34.3 Å². The Bertz CT molecular complexity index is 1060. The smallest absolute Gasteiger partial charge is 0.227 e. The maximum absolute atomic E-state index is 11.9. The van der Waals surface area contributed by atoms with Crippen LogP contribution in [0.4, 0.5) is 0 Å². The van der Waals surface area contributed by atoms with Gasteiger partial charge in [0.15, 0.2) is 23.1 Å². The number of pyridine rings is 1. The number of hydrogen-bond donors (Lipinski definition) is 1. The lowest BCUT2D eigenvalue weighted by Gasteiger charge is -2.19. The third-order valence-electron chi connectivity index (χ3n) is 4.48. The maximum atomic E-state index is 11.9. The van der Waals surface area contributed by atoms with Gasteiger partial charge in [-0.05, 0) is 25.1 Å². The summed E-state index contributed by atoms with van der Waals surface area (Å²) in [4.78, 5) is 20.8. The number of ether oxygens (including phenoxy) is 3. The topological polar surface area (TPSA) is 100 Å². The minimum absolute atomic E-state index is 0.0629. The number of amides is 1. The molecule has 0 saturated carbocycles. The van der Waals surface area contributed by atoms with Crippen molar-refractivity contribution in [3.05, 3.63) is 42.0 Å². The van der Waals surface area contributed by atoms with Crippen molar-refractivity contribution in [2.75, 3.05) is 27.4 Å². The SMILES string of the molecule is CNC(=O)Cc1nc(-c2cc(C)ncc2OC)n(-c2ccc3c(c2)OCCO3)n1. The summed E-state index contributed by atoms with van der Waals surface area (Å²) in [6.07, 6.45) is 1.71. The number of carbonyl (C=O) groups is 1. The van der Waals surface area contributed by atoms with Crippen LogP contribution in [0.15, 0.2) is 30.5 Å². The highest BCUT2D eigenvalue weighted by Gasteiger charge is 2.21. The van der Waals surface area contributed by atoms with Crippen molar-refractivity contribution < 1.29 is 19.0 Å². The lowest BCUT2D eigenvalue weighted by atomic mass is 10.2. The summed E-state index contributed by atoms with van der Waals surface area (Å²) >= 11 is 0. The first-order valence-electron chi connectivity index (χ1n) is 9.16. The quantitative estimate of drug-likeness (QED) is 0.702. The van der Waals surface area contributed by atoms with Gasteiger partial charge in [-0.15, -0.1) is 0 Å². The molecule has 9 heteroatoms. The van der Waals surface area contributed by atoms with E-state index in [0.717, 1.165) is 16.9 Å². The van der Waals surface area contributed by atoms with Crippen molar-refractivity contribution in [1.29, 1.82) is 0 Å². The molecule has 0 saturated heterocycles. The molecule has 1 aliphatic rings. The first-order valence-corrected chi connectivity index (χ1v) is 9.16. The number of hydrogen-bond acceptors (Lipinski definition) is 7. The van der Waals surface area contributed by atoms with Gasteiger partial charge in [0.1, 0.15) is 19.0 Å². The Hall–Kier alpha value is -3.62. The largest absolute Gasteiger partial charge is 0.494 e. The van der Waals surface area contributed by atoms with Gasteiger partial charge in [0.25, 0.3) is 0 Å². The number of methoxy groups -OCH3 is 1. The molecular formula is C20H21N5O4. The van der Waals surface area contributed by atoms with E-state index in [2.05, 4.69) is 20.4 Å². The number of aryl methyl sites for hydroxylation is 1. The Morgan fingerprint density at radius 3 is 2.79 bits per heavy atom. The number of aromatic nitrogens is 4. The van der Waals surface area contributed by atoms with Gasteiger partial charge in [-0.3, -0.25) is 9.78 Å². The van der Waals surface area contributed by atoms with Gasteiger partial charge < -0.3 is 19.5 Å². The van der Waals surface area contributed by atoms with E-state index in [1.807, 2.05) is 31.2 Å². The molecule has 0 fully saturated rings. The fourth-order valence-corrected chi connectivity index (χ4v) is 3.06. The van der Waals surface area contributed by atoms with Gasteiger partial charge in [-0.2, -0.15) is 5.10 Å². The zero-order valence-electron chi connectivity index (χ0n) is 16.4. The van der Waals surface area contributed by atoms with Gasteiger partial charge in [0.2, 0.25) is 5.91 Å². The van der Waals surface area contributed by atoms with Crippen molar-refractivity contribution in [3.63, 3.8) is 0 Å². The maximum Gasteiger partial charge on any atom is 0.227 e. The summed E-state index contributed by atoms with van der Waals surface area (Å²) in [6.45, 7) is 2.89. The summed E-state index contributed by atoms with van der Waals surface area (Å²) in [5, 5.41) is 7.17. The number of nitrogens with zero attached hydrogens (tertiary/aromatic N) is 4. The number of fused-ring (bicyclic) bond motifs is 1. The number of likely N-dealkylation sites (N-methyl/N-ethyl adjacent to an activating group) is 1. The second-order valence-electron chi connectivity index (χ2n) is 6.47. The van der Waals surface area contributed by atoms with E-state index in [1.54, 1.807) is 25.0 Å². The summed E-state index contributed by atoms with van der Waals surface area (Å²) in [5.74, 6) is 2.65. The van der Waals surface area contributed by atoms with Crippen LogP contribution in [0, 0.1) is 6.92 Å². The molecule has 4 rings (SSSR count). The number of nitrogens with one attached hydrogen (secondary N) is 1. The van der Waals surface area contributed by atoms with Gasteiger partial charge in [-0.25, -0.2) is 9.67 Å². The molecular weight excluding hydrogens is 374 g/mol. The predicted octanol–water partition coefficient (Wildman–Crippen LogP) is 1.71. The highest BCUT2D eigenvalue weighted by Crippen LogP contribution is 2.35. The van der Waals surface area contributed by atoms with E-state index >= 15 is 0 Å². The molecule has 3 heterocycles. The van der Waals surface area contributed by atoms with Crippen LogP contribution < -0.4 is 19.5 Å². The molecule has 0 bridgehead atoms. The van der Waals surface area contributed by atoms with E-state index in [4.69, 9.17) is 14.2 Å². The molecule has 29 heavy (non-hydrogen) atoms. The van der Waals surface area contributed by atoms with Crippen molar-refractivity contribution in [1.82, 2.24) is 25.1 Å². The van der Waals surface area contributed by atoms with Gasteiger partial charge in [-0.1, -0.05) is 0 Å². The molecule has 150 valence electrons. The summed E-state index contributed by atoms with van der Waals surface area (Å²) in [7, 11) is 3.16. The van der Waals surface area contributed by atoms with Gasteiger partial charge in [0, 0.05) is 18.8 Å². The van der Waals surface area contributed by atoms with Gasteiger partial charge >= 0.3 is 0 Å². The summed E-state index contributed by atoms with van der Waals surface area (Å²) in [6, 6.07) is 7.43. The molecule has 1 aliphatic heterocycles. The molecule has 0 unspecified atom stereocenters. The van der Waals surface area contributed by atoms with E-state index in [1.165, 1.54) is 0 Å². The minimum atomic E-state index is -0.172. The predicted molar refractivity (Wildman–Crippen MR) is 105 cm³/mol. The highest BCUT2D eigenvalue weighted by atomic mass is 16.6. The first kappa shape index (κ1) is 18.7. The number of carbonyl (C=O) groups excluding carboxylic acids is 1. The van der Waals surface area contributed by atoms with Crippen LogP contribution in [-0.4, -0.2) is 53.0 Å². The molecule has 0 spiro atoms. The Kier molecular flexibility index (Phi) is 5.03. The summed E-state index contributed by atoms with van der Waals surface area (Å²) < 4.78 is 18.5. The van der Waals surface area contributed by atoms with Crippen LogP contribution in [0.25, 0.3) is 17.1 Å². The Morgan fingerprint density at radius 1 is 1.24 bits per heavy atom. The Morgan fingerprint density at radius 2 is 2.03 bits per heavy atom. The molecule has 1 aromatic carbocycles. The fraction of sp³-hybridized carbons (Fsp3) is 0.300. The molecule has 1 N–H and O–H groups in total. The van der Waals surface area contributed by atoms with E-state index < -0.39 is 0 Å². The molecule has 0 aliphatic carbocycles. The monoisotopic (exact) mass is 395 g/mol. The van der Waals surface area contributed by atoms with E-state index in [9.17, 15) is 4.79 Å². The second kappa shape index (κ2) is 7.78. The standard InChI is InChI=1S/C20H21N5O4/c1-12-8-14(17(27-3)11-22-12)20-23-18(10-19(26)21-2)24-25(20)13-4-5-15-16(9-13)29-7-6-28-15/h4-5,8-9,11H,6-7,10H2,1-3H3,(H,21,26). The molecule has 1 amide bonds. The summed E-state index contributed by atoms with van der Waals surface area (Å²) in [5.41, 5.74) is 2.27. The van der Waals surface area contributed by atoms with Crippen LogP contribution in [-0.2, 0) is 11.2 Å². The van der Waals surface area contributed by atoms with Crippen LogP contribution in [0.2, 0.25) is 0 Å². The molecule has 9 nitrogen and oxygen atoms in total. The van der Waals surface area contributed by atoms with Crippen LogP contribution in [0.3, 0.4) is 0 Å². The zero-order valence-corrected chi connectivity index (χ0v) is 16.4. The molecule has 0 radical (unpaired) electrons. The van der Waals surface area contributed by atoms with E-state index in [-0.39, 0.29) is 12.3 Å². The Labute approximate surface area is 167 Å². The van der Waals surface area contributed by atoms with Gasteiger partial charge in [0.05, 0.1) is 31.0 Å². The molecule has 2 aromatic heterocycles. The number of benzene rings is 1. The number of rotatable bonds is 5. The fourth-order valence-electron chi connectivity index (χ4n) is 3.06. The average Bonchev–Trinajstić information content (AvgIpc) is 3.16. The lowest BCUT2D eigenvalue weighted by molar-refractivity contribution is -0.120. The average molecular weight is 395 g/mol. The molecule has 3 aromatic rings. The second-order valence-corrected chi connectivity index (χ2v) is 6.47. The van der Waals surface area contributed by atoms with Crippen LogP contribution in [0.1, 0.15) is 11.5 Å². The normalized spacial score (nSPS) is 12.5. The van der Waals surface area contributed by atoms with E-state index in [0.29, 0.717) is 42.1 Å². The first-order chi connectivity index (χ1) is 14.1. The molecule has 0 atom stereocenters. The zero-order chi connectivity index (χ0) is 20.4. The van der Waals surface area contributed by atoms with Crippen molar-refractivity contribution in [2.24, 2.45) is 0 Å². The highest BCUT2D eigenvalue weighted by molar-refractivity contribution is 5.77. The van der Waals surface area contributed by atoms with Crippen LogP contribution in [0.5, 0.6) is 17.2 Å². The Balaban J connectivity index is 1.86. The minimum Gasteiger partial charge on any atom is -0.494 e.